The van der Waals surface area contributed by atoms with E-state index in [0.717, 1.165) is 48.7 Å². The number of hydrogen-bond donors (Lipinski definition) is 1. The molecular formula is C21H17N5S2. The molecule has 0 saturated carbocycles. The highest BCUT2D eigenvalue weighted by atomic mass is 32.1. The molecule has 28 heavy (non-hydrogen) atoms. The van der Waals surface area contributed by atoms with Crippen LogP contribution in [0.25, 0.3) is 27.3 Å². The van der Waals surface area contributed by atoms with Gasteiger partial charge in [-0.3, -0.25) is 9.83 Å². The normalized spacial score (nSPS) is 12.1. The van der Waals surface area contributed by atoms with Crippen molar-refractivity contribution in [1.82, 2.24) is 14.4 Å². The molecule has 0 bridgehead atoms. The molecule has 5 aromatic rings. The number of imidazole rings is 1. The van der Waals surface area contributed by atoms with E-state index in [-0.39, 0.29) is 0 Å². The lowest BCUT2D eigenvalue weighted by molar-refractivity contribution is 1.16. The fraction of sp³-hybridized carbons (Fsp3) is 0.0952. The van der Waals surface area contributed by atoms with Crippen LogP contribution in [0.3, 0.4) is 0 Å². The highest BCUT2D eigenvalue weighted by Crippen LogP contribution is 2.29. The molecule has 0 radical (unpaired) electrons. The van der Waals surface area contributed by atoms with Crippen molar-refractivity contribution in [2.24, 2.45) is 5.10 Å². The largest absolute Gasteiger partial charge is 0.287 e. The van der Waals surface area contributed by atoms with Crippen molar-refractivity contribution in [1.29, 1.82) is 0 Å². The summed E-state index contributed by atoms with van der Waals surface area (Å²) < 4.78 is 2.20. The van der Waals surface area contributed by atoms with Crippen LogP contribution in [0.5, 0.6) is 0 Å². The van der Waals surface area contributed by atoms with Crippen LogP contribution in [-0.4, -0.2) is 20.1 Å². The van der Waals surface area contributed by atoms with Crippen LogP contribution in [0.1, 0.15) is 17.5 Å². The summed E-state index contributed by atoms with van der Waals surface area (Å²) in [5, 5.41) is 7.39. The summed E-state index contributed by atoms with van der Waals surface area (Å²) in [6.45, 7) is 4.13. The zero-order valence-corrected chi connectivity index (χ0v) is 17.0. The Morgan fingerprint density at radius 3 is 2.68 bits per heavy atom. The SMILES string of the molecule is C/C(=N\Nc1nc(-c2ccccc2)cs1)c1sc2nc3ccccc3n2c1C. The van der Waals surface area contributed by atoms with Crippen molar-refractivity contribution in [3.63, 3.8) is 0 Å². The molecule has 0 atom stereocenters. The van der Waals surface area contributed by atoms with Crippen LogP contribution in [0, 0.1) is 6.92 Å². The van der Waals surface area contributed by atoms with Crippen LogP contribution < -0.4 is 5.43 Å². The quantitative estimate of drug-likeness (QED) is 0.304. The van der Waals surface area contributed by atoms with Crippen molar-refractivity contribution in [2.45, 2.75) is 13.8 Å². The smallest absolute Gasteiger partial charge is 0.203 e. The van der Waals surface area contributed by atoms with Gasteiger partial charge in [0, 0.05) is 16.6 Å². The predicted molar refractivity (Wildman–Crippen MR) is 119 cm³/mol. The zero-order chi connectivity index (χ0) is 19.1. The summed E-state index contributed by atoms with van der Waals surface area (Å²) in [6, 6.07) is 18.4. The second-order valence-electron chi connectivity index (χ2n) is 6.45. The third-order valence-corrected chi connectivity index (χ3v) is 6.61. The van der Waals surface area contributed by atoms with Gasteiger partial charge in [-0.1, -0.05) is 53.8 Å². The standard InChI is InChI=1S/C21H17N5S2/c1-13(24-25-20-22-17(12-27-20)15-8-4-3-5-9-15)19-14(2)26-18-11-7-6-10-16(18)23-21(26)28-19/h3-12H,1-2H3,(H,22,25)/b24-13+. The van der Waals surface area contributed by atoms with E-state index in [4.69, 9.17) is 4.98 Å². The topological polar surface area (TPSA) is 54.6 Å². The van der Waals surface area contributed by atoms with Crippen molar-refractivity contribution >= 4 is 49.5 Å². The number of thiazole rings is 2. The van der Waals surface area contributed by atoms with Gasteiger partial charge in [-0.15, -0.1) is 11.3 Å². The second kappa shape index (κ2) is 6.85. The van der Waals surface area contributed by atoms with Gasteiger partial charge in [-0.05, 0) is 26.0 Å². The molecule has 3 heterocycles. The van der Waals surface area contributed by atoms with Crippen molar-refractivity contribution in [3.8, 4) is 11.3 Å². The average Bonchev–Trinajstić information content (AvgIpc) is 3.42. The first kappa shape index (κ1) is 17.1. The van der Waals surface area contributed by atoms with Gasteiger partial charge in [0.15, 0.2) is 4.96 Å². The molecule has 0 fully saturated rings. The molecule has 0 amide bonds. The molecular weight excluding hydrogens is 386 g/mol. The second-order valence-corrected chi connectivity index (χ2v) is 8.28. The lowest BCUT2D eigenvalue weighted by atomic mass is 10.2. The van der Waals surface area contributed by atoms with Gasteiger partial charge in [0.05, 0.1) is 27.3 Å². The minimum absolute atomic E-state index is 0.780. The third kappa shape index (κ3) is 2.89. The van der Waals surface area contributed by atoms with Crippen molar-refractivity contribution in [3.05, 3.63) is 70.5 Å². The van der Waals surface area contributed by atoms with E-state index < -0.39 is 0 Å². The number of nitrogens with zero attached hydrogens (tertiary/aromatic N) is 4. The molecule has 0 aliphatic carbocycles. The summed E-state index contributed by atoms with van der Waals surface area (Å²) in [7, 11) is 0. The molecule has 5 nitrogen and oxygen atoms in total. The van der Waals surface area contributed by atoms with Crippen LogP contribution in [0.15, 0.2) is 65.1 Å². The third-order valence-electron chi connectivity index (χ3n) is 4.61. The number of para-hydroxylation sites is 2. The molecule has 0 unspecified atom stereocenters. The summed E-state index contributed by atoms with van der Waals surface area (Å²) >= 11 is 3.21. The highest BCUT2D eigenvalue weighted by Gasteiger charge is 2.15. The van der Waals surface area contributed by atoms with Crippen LogP contribution in [0.2, 0.25) is 0 Å². The number of benzene rings is 2. The molecule has 3 aromatic heterocycles. The van der Waals surface area contributed by atoms with Gasteiger partial charge in [-0.2, -0.15) is 5.10 Å². The van der Waals surface area contributed by atoms with Gasteiger partial charge in [0.25, 0.3) is 0 Å². The molecule has 1 N–H and O–H groups in total. The summed E-state index contributed by atoms with van der Waals surface area (Å²) in [6.07, 6.45) is 0. The first-order valence-corrected chi connectivity index (χ1v) is 10.6. The number of rotatable bonds is 4. The van der Waals surface area contributed by atoms with E-state index in [1.807, 2.05) is 48.7 Å². The number of hydrazone groups is 1. The van der Waals surface area contributed by atoms with E-state index >= 15 is 0 Å². The minimum atomic E-state index is 0.780. The van der Waals surface area contributed by atoms with E-state index in [1.165, 1.54) is 0 Å². The molecule has 7 heteroatoms. The van der Waals surface area contributed by atoms with E-state index in [2.05, 4.69) is 45.0 Å². The Hall–Kier alpha value is -3.03. The predicted octanol–water partition coefficient (Wildman–Crippen LogP) is 5.82. The van der Waals surface area contributed by atoms with Crippen LogP contribution >= 0.6 is 22.7 Å². The number of aryl methyl sites for hydroxylation is 1. The van der Waals surface area contributed by atoms with E-state index in [9.17, 15) is 0 Å². The first-order chi connectivity index (χ1) is 13.7. The Kier molecular flexibility index (Phi) is 4.18. The number of hydrogen-bond acceptors (Lipinski definition) is 6. The van der Waals surface area contributed by atoms with Gasteiger partial charge < -0.3 is 0 Å². The average molecular weight is 404 g/mol. The molecule has 0 spiro atoms. The molecule has 5 rings (SSSR count). The van der Waals surface area contributed by atoms with E-state index in [1.54, 1.807) is 22.7 Å². The Labute approximate surface area is 170 Å². The summed E-state index contributed by atoms with van der Waals surface area (Å²) in [5.74, 6) is 0. The first-order valence-electron chi connectivity index (χ1n) is 8.89. The molecule has 138 valence electrons. The monoisotopic (exact) mass is 403 g/mol. The minimum Gasteiger partial charge on any atom is -0.287 e. The Balaban J connectivity index is 1.43. The maximum Gasteiger partial charge on any atom is 0.203 e. The lowest BCUT2D eigenvalue weighted by Gasteiger charge is -2.01. The number of fused-ring (bicyclic) bond motifs is 3. The number of nitrogens with one attached hydrogen (secondary N) is 1. The maximum atomic E-state index is 4.73. The van der Waals surface area contributed by atoms with Gasteiger partial charge in [-0.25, -0.2) is 9.97 Å². The molecule has 0 saturated heterocycles. The van der Waals surface area contributed by atoms with Gasteiger partial charge in [0.1, 0.15) is 0 Å². The Morgan fingerprint density at radius 2 is 1.82 bits per heavy atom. The zero-order valence-electron chi connectivity index (χ0n) is 15.4. The molecule has 0 aliphatic heterocycles. The Bertz CT molecular complexity index is 1310. The Morgan fingerprint density at radius 1 is 1.04 bits per heavy atom. The molecule has 2 aromatic carbocycles. The number of aromatic nitrogens is 3. The lowest BCUT2D eigenvalue weighted by Crippen LogP contribution is -2.00. The van der Waals surface area contributed by atoms with Crippen molar-refractivity contribution < 1.29 is 0 Å². The van der Waals surface area contributed by atoms with Crippen LogP contribution in [-0.2, 0) is 0 Å². The van der Waals surface area contributed by atoms with Gasteiger partial charge >= 0.3 is 0 Å². The van der Waals surface area contributed by atoms with Crippen molar-refractivity contribution in [2.75, 3.05) is 5.43 Å². The maximum absolute atomic E-state index is 4.73. The summed E-state index contributed by atoms with van der Waals surface area (Å²) in [5.41, 5.74) is 9.40. The number of anilines is 1. The summed E-state index contributed by atoms with van der Waals surface area (Å²) in [4.78, 5) is 11.5. The fourth-order valence-electron chi connectivity index (χ4n) is 3.25. The highest BCUT2D eigenvalue weighted by molar-refractivity contribution is 7.19. The van der Waals surface area contributed by atoms with E-state index in [0.29, 0.717) is 0 Å². The van der Waals surface area contributed by atoms with Crippen LogP contribution in [0.4, 0.5) is 5.13 Å². The fourth-order valence-corrected chi connectivity index (χ4v) is 4.99. The molecule has 0 aliphatic rings. The van der Waals surface area contributed by atoms with Gasteiger partial charge in [0.2, 0.25) is 5.13 Å².